The lowest BCUT2D eigenvalue weighted by Crippen LogP contribution is -2.66. The van der Waals surface area contributed by atoms with Crippen molar-refractivity contribution in [2.45, 2.75) is 76.2 Å². The molecule has 48 heavy (non-hydrogen) atoms. The Morgan fingerprint density at radius 2 is 1.77 bits per heavy atom. The van der Waals surface area contributed by atoms with Gasteiger partial charge in [0.1, 0.15) is 17.0 Å². The van der Waals surface area contributed by atoms with Crippen molar-refractivity contribution in [2.75, 3.05) is 40.6 Å². The predicted molar refractivity (Wildman–Crippen MR) is 192 cm³/mol. The van der Waals surface area contributed by atoms with Crippen LogP contribution in [0.5, 0.6) is 11.5 Å². The Balaban J connectivity index is 1.61. The van der Waals surface area contributed by atoms with E-state index in [0.29, 0.717) is 34.6 Å². The largest absolute Gasteiger partial charge is 0.496 e. The third-order valence-corrected chi connectivity index (χ3v) is 11.4. The molecule has 1 heterocycles. The number of nitrogens with zero attached hydrogens (tertiary/aromatic N) is 3. The molecule has 5 unspecified atom stereocenters. The average molecular weight is 677 g/mol. The van der Waals surface area contributed by atoms with Crippen molar-refractivity contribution in [1.29, 1.82) is 0 Å². The number of thioether (sulfide) groups is 1. The zero-order chi connectivity index (χ0) is 34.7. The molecule has 10 heteroatoms. The summed E-state index contributed by atoms with van der Waals surface area (Å²) >= 11 is 1.83. The van der Waals surface area contributed by atoms with E-state index >= 15 is 0 Å². The molecule has 0 saturated heterocycles. The third kappa shape index (κ3) is 7.10. The average Bonchev–Trinajstić information content (AvgIpc) is 3.49. The van der Waals surface area contributed by atoms with Gasteiger partial charge in [0.2, 0.25) is 0 Å². The van der Waals surface area contributed by atoms with Crippen LogP contribution in [-0.2, 0) is 4.79 Å². The van der Waals surface area contributed by atoms with Crippen LogP contribution in [0.1, 0.15) is 81.8 Å². The topological polar surface area (TPSA) is 106 Å². The van der Waals surface area contributed by atoms with Gasteiger partial charge in [-0.15, -0.1) is 11.8 Å². The van der Waals surface area contributed by atoms with Gasteiger partial charge in [0.15, 0.2) is 5.69 Å². The number of methoxy groups -OCH3 is 2. The molecule has 2 aliphatic carbocycles. The SMILES string of the molecule is COc1cccc(OC)c1-c1cc(C(=O)NC2(C(=O)O)C(C)CC3CC(C)CC2C3)nn1-c1ccc(SCCCN(C)C)cc1C(C)C. The zero-order valence-corrected chi connectivity index (χ0v) is 30.5. The molecular formula is C38H52N4O5S. The Hall–Kier alpha value is -3.50. The van der Waals surface area contributed by atoms with Crippen molar-refractivity contribution in [3.63, 3.8) is 0 Å². The Morgan fingerprint density at radius 3 is 2.40 bits per heavy atom. The van der Waals surface area contributed by atoms with E-state index in [1.807, 2.05) is 36.9 Å². The summed E-state index contributed by atoms with van der Waals surface area (Å²) in [4.78, 5) is 30.8. The van der Waals surface area contributed by atoms with Gasteiger partial charge in [-0.2, -0.15) is 5.10 Å². The second-order valence-corrected chi connectivity index (χ2v) is 15.6. The van der Waals surface area contributed by atoms with Crippen molar-refractivity contribution in [3.05, 3.63) is 53.7 Å². The molecule has 1 aromatic heterocycles. The minimum atomic E-state index is -1.36. The highest BCUT2D eigenvalue weighted by atomic mass is 32.2. The van der Waals surface area contributed by atoms with Crippen LogP contribution in [0.3, 0.4) is 0 Å². The molecular weight excluding hydrogens is 625 g/mol. The third-order valence-electron chi connectivity index (χ3n) is 10.3. The van der Waals surface area contributed by atoms with Crippen molar-refractivity contribution in [2.24, 2.45) is 23.7 Å². The molecule has 5 atom stereocenters. The van der Waals surface area contributed by atoms with Crippen LogP contribution in [0.4, 0.5) is 0 Å². The molecule has 2 fully saturated rings. The van der Waals surface area contributed by atoms with Gasteiger partial charge in [0.05, 0.1) is 31.2 Å². The van der Waals surface area contributed by atoms with Crippen LogP contribution in [0.15, 0.2) is 47.4 Å². The van der Waals surface area contributed by atoms with E-state index in [2.05, 4.69) is 63.3 Å². The summed E-state index contributed by atoms with van der Waals surface area (Å²) in [6.07, 6.45) is 4.58. The molecule has 9 nitrogen and oxygen atoms in total. The number of hydrogen-bond donors (Lipinski definition) is 2. The van der Waals surface area contributed by atoms with Gasteiger partial charge >= 0.3 is 5.97 Å². The monoisotopic (exact) mass is 676 g/mol. The molecule has 0 aliphatic heterocycles. The number of aliphatic carboxylic acids is 1. The number of carboxylic acid groups (broad SMARTS) is 1. The summed E-state index contributed by atoms with van der Waals surface area (Å²) in [5.41, 5.74) is 2.00. The number of benzene rings is 2. The van der Waals surface area contributed by atoms with Crippen molar-refractivity contribution in [3.8, 4) is 28.4 Å². The number of amides is 1. The van der Waals surface area contributed by atoms with E-state index in [-0.39, 0.29) is 23.4 Å². The van der Waals surface area contributed by atoms with Gasteiger partial charge in [-0.1, -0.05) is 33.8 Å². The highest BCUT2D eigenvalue weighted by Crippen LogP contribution is 2.50. The highest BCUT2D eigenvalue weighted by Gasteiger charge is 2.56. The molecule has 5 rings (SSSR count). The summed E-state index contributed by atoms with van der Waals surface area (Å²) in [5, 5.41) is 18.8. The molecule has 260 valence electrons. The molecule has 3 aromatic rings. The van der Waals surface area contributed by atoms with E-state index in [0.717, 1.165) is 55.7 Å². The van der Waals surface area contributed by atoms with E-state index in [1.165, 1.54) is 4.90 Å². The molecule has 1 amide bonds. The number of rotatable bonds is 13. The molecule has 0 spiro atoms. The second kappa shape index (κ2) is 14.9. The molecule has 2 saturated carbocycles. The first-order valence-corrected chi connectivity index (χ1v) is 18.2. The number of ether oxygens (including phenoxy) is 2. The fourth-order valence-corrected chi connectivity index (χ4v) is 9.00. The van der Waals surface area contributed by atoms with Crippen molar-refractivity contribution >= 4 is 23.6 Å². The van der Waals surface area contributed by atoms with Crippen LogP contribution in [-0.4, -0.2) is 77.8 Å². The summed E-state index contributed by atoms with van der Waals surface area (Å²) in [5.74, 6) is 1.43. The Bertz CT molecular complexity index is 1590. The maximum absolute atomic E-state index is 14.3. The number of carboxylic acids is 1. The number of aromatic nitrogens is 2. The first-order chi connectivity index (χ1) is 22.9. The maximum Gasteiger partial charge on any atom is 0.329 e. The van der Waals surface area contributed by atoms with Gasteiger partial charge in [0.25, 0.3) is 5.91 Å². The quantitative estimate of drug-likeness (QED) is 0.143. The van der Waals surface area contributed by atoms with Crippen LogP contribution < -0.4 is 14.8 Å². The lowest BCUT2D eigenvalue weighted by molar-refractivity contribution is -0.155. The normalized spacial score (nSPS) is 23.7. The van der Waals surface area contributed by atoms with Crippen molar-refractivity contribution < 1.29 is 24.2 Å². The number of carbonyl (C=O) groups is 2. The van der Waals surface area contributed by atoms with E-state index in [4.69, 9.17) is 14.6 Å². The van der Waals surface area contributed by atoms with Gasteiger partial charge in [-0.25, -0.2) is 9.48 Å². The standard InChI is InChI=1S/C38H52N4O5S/c1-23(2)29-21-28(48-16-10-15-41(5)6)13-14-31(29)42-32(35-33(46-7)11-9-12-34(35)47-8)22-30(40-42)36(43)39-38(37(44)45)25(4)19-26-17-24(3)18-27(38)20-26/h9,11-14,21-27H,10,15-20H2,1-8H3,(H,39,43)(H,44,45). The fourth-order valence-electron chi connectivity index (χ4n) is 8.12. The van der Waals surface area contributed by atoms with Gasteiger partial charge in [-0.05, 0) is 130 Å². The first kappa shape index (κ1) is 35.8. The second-order valence-electron chi connectivity index (χ2n) is 14.4. The number of fused-ring (bicyclic) bond motifs is 2. The minimum Gasteiger partial charge on any atom is -0.496 e. The first-order valence-electron chi connectivity index (χ1n) is 17.2. The summed E-state index contributed by atoms with van der Waals surface area (Å²) in [6.45, 7) is 9.51. The highest BCUT2D eigenvalue weighted by molar-refractivity contribution is 7.99. The van der Waals surface area contributed by atoms with Crippen molar-refractivity contribution in [1.82, 2.24) is 20.0 Å². The zero-order valence-electron chi connectivity index (χ0n) is 29.7. The Labute approximate surface area is 289 Å². The van der Waals surface area contributed by atoms with Gasteiger partial charge in [0, 0.05) is 4.90 Å². The minimum absolute atomic E-state index is 0.136. The molecule has 2 N–H and O–H groups in total. The van der Waals surface area contributed by atoms with Crippen LogP contribution in [0.2, 0.25) is 0 Å². The van der Waals surface area contributed by atoms with Crippen LogP contribution >= 0.6 is 11.8 Å². The summed E-state index contributed by atoms with van der Waals surface area (Å²) in [7, 11) is 7.39. The Kier molecular flexibility index (Phi) is 11.1. The number of nitrogens with one attached hydrogen (secondary N) is 1. The maximum atomic E-state index is 14.3. The lowest BCUT2D eigenvalue weighted by atomic mass is 9.56. The van der Waals surface area contributed by atoms with Crippen LogP contribution in [0, 0.1) is 23.7 Å². The van der Waals surface area contributed by atoms with Gasteiger partial charge < -0.3 is 24.8 Å². The van der Waals surface area contributed by atoms with Gasteiger partial charge in [-0.3, -0.25) is 4.79 Å². The van der Waals surface area contributed by atoms with E-state index in [1.54, 1.807) is 25.0 Å². The smallest absolute Gasteiger partial charge is 0.329 e. The molecule has 2 aliphatic rings. The predicted octanol–water partition coefficient (Wildman–Crippen LogP) is 7.37. The van der Waals surface area contributed by atoms with E-state index < -0.39 is 17.4 Å². The van der Waals surface area contributed by atoms with E-state index in [9.17, 15) is 14.7 Å². The molecule has 2 aromatic carbocycles. The molecule has 2 bridgehead atoms. The number of carbonyl (C=O) groups excluding carboxylic acids is 1. The lowest BCUT2D eigenvalue weighted by Gasteiger charge is -2.52. The summed E-state index contributed by atoms with van der Waals surface area (Å²) in [6, 6.07) is 13.7. The number of hydrogen-bond acceptors (Lipinski definition) is 7. The van der Waals surface area contributed by atoms with Crippen LogP contribution in [0.25, 0.3) is 16.9 Å². The Morgan fingerprint density at radius 1 is 1.06 bits per heavy atom. The summed E-state index contributed by atoms with van der Waals surface area (Å²) < 4.78 is 13.4. The fraction of sp³-hybridized carbons (Fsp3) is 0.553. The molecule has 0 radical (unpaired) electrons.